The molecule has 1 saturated heterocycles. The van der Waals surface area contributed by atoms with Crippen molar-refractivity contribution in [2.75, 3.05) is 6.61 Å². The minimum absolute atomic E-state index is 0.213. The number of carbonyl (C=O) groups excluding carboxylic acids is 2. The average molecular weight is 172 g/mol. The summed E-state index contributed by atoms with van der Waals surface area (Å²) >= 11 is 0. The lowest BCUT2D eigenvalue weighted by Gasteiger charge is -2.20. The zero-order valence-electron chi connectivity index (χ0n) is 6.92. The Kier molecular flexibility index (Phi) is 3.19. The van der Waals surface area contributed by atoms with E-state index < -0.39 is 0 Å². The van der Waals surface area contributed by atoms with Gasteiger partial charge < -0.3 is 4.84 Å². The Morgan fingerprint density at radius 2 is 2.42 bits per heavy atom. The molecule has 1 aliphatic heterocycles. The maximum absolute atomic E-state index is 11.0. The van der Waals surface area contributed by atoms with Gasteiger partial charge in [-0.25, -0.2) is 0 Å². The van der Waals surface area contributed by atoms with E-state index in [1.165, 1.54) is 0 Å². The fourth-order valence-electron chi connectivity index (χ4n) is 0.990. The minimum Gasteiger partial charge on any atom is -0.301 e. The van der Waals surface area contributed by atoms with Crippen LogP contribution in [0, 0.1) is 0 Å². The van der Waals surface area contributed by atoms with Gasteiger partial charge in [0.2, 0.25) is 11.8 Å². The van der Waals surface area contributed by atoms with E-state index in [4.69, 9.17) is 4.84 Å². The summed E-state index contributed by atoms with van der Waals surface area (Å²) in [7, 11) is 0. The zero-order chi connectivity index (χ0) is 8.97. The van der Waals surface area contributed by atoms with Gasteiger partial charge in [-0.15, -0.1) is 0 Å². The molecule has 2 N–H and O–H groups in total. The molecule has 0 spiro atoms. The number of amides is 2. The number of piperidine rings is 1. The van der Waals surface area contributed by atoms with Crippen LogP contribution in [0.5, 0.6) is 0 Å². The van der Waals surface area contributed by atoms with Crippen molar-refractivity contribution in [3.63, 3.8) is 0 Å². The molecule has 1 fully saturated rings. The zero-order valence-corrected chi connectivity index (χ0v) is 6.92. The van der Waals surface area contributed by atoms with Gasteiger partial charge in [-0.05, 0) is 13.3 Å². The van der Waals surface area contributed by atoms with Crippen LogP contribution in [0.25, 0.3) is 0 Å². The van der Waals surface area contributed by atoms with Gasteiger partial charge in [-0.2, -0.15) is 5.48 Å². The Balaban J connectivity index is 2.35. The standard InChI is InChI=1S/C7H12N2O3/c1-2-12-9-5-3-4-6(10)8-7(5)11/h5,9H,2-4H2,1H3,(H,8,10,11). The molecule has 0 aromatic heterocycles. The number of hydrogen-bond acceptors (Lipinski definition) is 4. The second-order valence-electron chi connectivity index (χ2n) is 2.55. The molecule has 68 valence electrons. The normalized spacial score (nSPS) is 23.9. The highest BCUT2D eigenvalue weighted by atomic mass is 16.6. The van der Waals surface area contributed by atoms with E-state index in [2.05, 4.69) is 10.8 Å². The highest BCUT2D eigenvalue weighted by molar-refractivity contribution is 6.00. The van der Waals surface area contributed by atoms with Crippen molar-refractivity contribution < 1.29 is 14.4 Å². The third kappa shape index (κ3) is 2.28. The second-order valence-corrected chi connectivity index (χ2v) is 2.55. The predicted molar refractivity (Wildman–Crippen MR) is 40.9 cm³/mol. The summed E-state index contributed by atoms with van der Waals surface area (Å²) in [6, 6.07) is -0.386. The molecule has 0 aromatic carbocycles. The van der Waals surface area contributed by atoms with Crippen LogP contribution in [0.1, 0.15) is 19.8 Å². The molecule has 0 bridgehead atoms. The van der Waals surface area contributed by atoms with Crippen molar-refractivity contribution in [3.05, 3.63) is 0 Å². The number of nitrogens with one attached hydrogen (secondary N) is 2. The van der Waals surface area contributed by atoms with E-state index in [1.807, 2.05) is 6.92 Å². The first-order valence-corrected chi connectivity index (χ1v) is 3.95. The highest BCUT2D eigenvalue weighted by Gasteiger charge is 2.26. The first kappa shape index (κ1) is 9.15. The summed E-state index contributed by atoms with van der Waals surface area (Å²) in [6.07, 6.45) is 0.876. The molecule has 1 unspecified atom stereocenters. The summed E-state index contributed by atoms with van der Waals surface area (Å²) in [5.74, 6) is -0.519. The van der Waals surface area contributed by atoms with E-state index in [9.17, 15) is 9.59 Å². The third-order valence-corrected chi connectivity index (χ3v) is 1.61. The number of hydrogen-bond donors (Lipinski definition) is 2. The van der Waals surface area contributed by atoms with E-state index in [-0.39, 0.29) is 17.9 Å². The fraction of sp³-hybridized carbons (Fsp3) is 0.714. The molecule has 1 atom stereocenters. The first-order chi connectivity index (χ1) is 5.74. The molecule has 1 rings (SSSR count). The minimum atomic E-state index is -0.386. The van der Waals surface area contributed by atoms with Gasteiger partial charge in [0.25, 0.3) is 0 Å². The van der Waals surface area contributed by atoms with Crippen molar-refractivity contribution in [2.45, 2.75) is 25.8 Å². The predicted octanol–water partition coefficient (Wildman–Crippen LogP) is -0.667. The monoisotopic (exact) mass is 172 g/mol. The van der Waals surface area contributed by atoms with Crippen LogP contribution in [-0.2, 0) is 14.4 Å². The van der Waals surface area contributed by atoms with Gasteiger partial charge in [-0.1, -0.05) is 0 Å². The molecule has 2 amide bonds. The van der Waals surface area contributed by atoms with Crippen LogP contribution in [0.3, 0.4) is 0 Å². The molecule has 0 saturated carbocycles. The van der Waals surface area contributed by atoms with Gasteiger partial charge in [0.1, 0.15) is 6.04 Å². The van der Waals surface area contributed by atoms with E-state index in [1.54, 1.807) is 0 Å². The maximum atomic E-state index is 11.0. The molecule has 0 radical (unpaired) electrons. The van der Waals surface area contributed by atoms with Crippen LogP contribution in [0.15, 0.2) is 0 Å². The SMILES string of the molecule is CCONC1CCC(=O)NC1=O. The Morgan fingerprint density at radius 1 is 1.67 bits per heavy atom. The Hall–Kier alpha value is -0.940. The molecule has 1 aliphatic rings. The third-order valence-electron chi connectivity index (χ3n) is 1.61. The summed E-state index contributed by atoms with van der Waals surface area (Å²) in [5, 5.41) is 2.22. The van der Waals surface area contributed by atoms with Crippen molar-refractivity contribution >= 4 is 11.8 Å². The van der Waals surface area contributed by atoms with Crippen LogP contribution in [-0.4, -0.2) is 24.5 Å². The molecule has 0 aliphatic carbocycles. The van der Waals surface area contributed by atoms with E-state index >= 15 is 0 Å². The molecule has 0 aromatic rings. The van der Waals surface area contributed by atoms with Crippen LogP contribution in [0.2, 0.25) is 0 Å². The van der Waals surface area contributed by atoms with Crippen molar-refractivity contribution in [3.8, 4) is 0 Å². The Morgan fingerprint density at radius 3 is 3.00 bits per heavy atom. The average Bonchev–Trinajstić information content (AvgIpc) is 2.03. The Bertz CT molecular complexity index is 193. The van der Waals surface area contributed by atoms with Gasteiger partial charge in [0.05, 0.1) is 6.61 Å². The molecule has 5 nitrogen and oxygen atoms in total. The number of rotatable bonds is 3. The lowest BCUT2D eigenvalue weighted by molar-refractivity contribution is -0.138. The molecule has 1 heterocycles. The molecular formula is C7H12N2O3. The lowest BCUT2D eigenvalue weighted by Crippen LogP contribution is -2.50. The number of carbonyl (C=O) groups is 2. The number of hydroxylamine groups is 1. The topological polar surface area (TPSA) is 67.4 Å². The van der Waals surface area contributed by atoms with Crippen molar-refractivity contribution in [2.24, 2.45) is 0 Å². The summed E-state index contributed by atoms with van der Waals surface area (Å²) in [5.41, 5.74) is 2.58. The number of imide groups is 1. The molecular weight excluding hydrogens is 160 g/mol. The van der Waals surface area contributed by atoms with Crippen molar-refractivity contribution in [1.29, 1.82) is 0 Å². The summed E-state index contributed by atoms with van der Waals surface area (Å²) in [6.45, 7) is 2.32. The maximum Gasteiger partial charge on any atom is 0.246 e. The molecule has 12 heavy (non-hydrogen) atoms. The van der Waals surface area contributed by atoms with Crippen LogP contribution < -0.4 is 10.8 Å². The van der Waals surface area contributed by atoms with Gasteiger partial charge in [0.15, 0.2) is 0 Å². The van der Waals surface area contributed by atoms with E-state index in [0.717, 1.165) is 0 Å². The highest BCUT2D eigenvalue weighted by Crippen LogP contribution is 2.03. The Labute approximate surface area is 70.4 Å². The van der Waals surface area contributed by atoms with Crippen LogP contribution in [0.4, 0.5) is 0 Å². The summed E-state index contributed by atoms with van der Waals surface area (Å²) < 4.78 is 0. The quantitative estimate of drug-likeness (QED) is 0.438. The van der Waals surface area contributed by atoms with E-state index in [0.29, 0.717) is 19.4 Å². The largest absolute Gasteiger partial charge is 0.301 e. The first-order valence-electron chi connectivity index (χ1n) is 3.95. The van der Waals surface area contributed by atoms with Crippen LogP contribution >= 0.6 is 0 Å². The summed E-state index contributed by atoms with van der Waals surface area (Å²) in [4.78, 5) is 26.6. The molecule has 5 heteroatoms. The fourth-order valence-corrected chi connectivity index (χ4v) is 0.990. The van der Waals surface area contributed by atoms with Crippen molar-refractivity contribution in [1.82, 2.24) is 10.8 Å². The lowest BCUT2D eigenvalue weighted by atomic mass is 10.1. The van der Waals surface area contributed by atoms with Gasteiger partial charge >= 0.3 is 0 Å². The smallest absolute Gasteiger partial charge is 0.246 e. The van der Waals surface area contributed by atoms with Gasteiger partial charge in [-0.3, -0.25) is 14.9 Å². The second kappa shape index (κ2) is 4.18. The van der Waals surface area contributed by atoms with Gasteiger partial charge in [0, 0.05) is 6.42 Å².